The van der Waals surface area contributed by atoms with Crippen molar-refractivity contribution in [3.8, 4) is 0 Å². The second-order valence-corrected chi connectivity index (χ2v) is 5.06. The summed E-state index contributed by atoms with van der Waals surface area (Å²) in [6.07, 6.45) is 3.68. The van der Waals surface area contributed by atoms with Crippen LogP contribution in [0.3, 0.4) is 0 Å². The maximum Gasteiger partial charge on any atom is 0.326 e. The molecule has 1 rings (SSSR count). The molecule has 0 aromatic heterocycles. The zero-order chi connectivity index (χ0) is 12.9. The standard InChI is InChI=1S/C13H25NO3/c1-4-16-9-11(3)17-12(15)13(14)8-6-5-7-10(13)2/h10-11H,4-9,14H2,1-3H3. The van der Waals surface area contributed by atoms with Crippen LogP contribution in [0.2, 0.25) is 0 Å². The summed E-state index contributed by atoms with van der Waals surface area (Å²) < 4.78 is 10.6. The van der Waals surface area contributed by atoms with E-state index in [1.807, 2.05) is 20.8 Å². The number of carbonyl (C=O) groups is 1. The van der Waals surface area contributed by atoms with E-state index in [4.69, 9.17) is 15.2 Å². The number of carbonyl (C=O) groups excluding carboxylic acids is 1. The fourth-order valence-corrected chi connectivity index (χ4v) is 2.29. The Morgan fingerprint density at radius 3 is 2.82 bits per heavy atom. The third-order valence-electron chi connectivity index (χ3n) is 3.60. The lowest BCUT2D eigenvalue weighted by Crippen LogP contribution is -2.56. The zero-order valence-corrected chi connectivity index (χ0v) is 11.2. The Kier molecular flexibility index (Phi) is 5.40. The molecular weight excluding hydrogens is 218 g/mol. The number of nitrogens with two attached hydrogens (primary N) is 1. The number of hydrogen-bond acceptors (Lipinski definition) is 4. The molecule has 3 atom stereocenters. The van der Waals surface area contributed by atoms with Gasteiger partial charge < -0.3 is 15.2 Å². The van der Waals surface area contributed by atoms with Crippen molar-refractivity contribution in [1.29, 1.82) is 0 Å². The Morgan fingerprint density at radius 2 is 2.24 bits per heavy atom. The molecule has 0 amide bonds. The minimum Gasteiger partial charge on any atom is -0.459 e. The van der Waals surface area contributed by atoms with Crippen molar-refractivity contribution in [2.45, 2.75) is 58.1 Å². The molecule has 0 radical (unpaired) electrons. The Balaban J connectivity index is 2.50. The van der Waals surface area contributed by atoms with Gasteiger partial charge in [0, 0.05) is 6.61 Å². The molecule has 100 valence electrons. The van der Waals surface area contributed by atoms with Crippen LogP contribution >= 0.6 is 0 Å². The first-order valence-corrected chi connectivity index (χ1v) is 6.58. The van der Waals surface area contributed by atoms with Gasteiger partial charge in [0.2, 0.25) is 0 Å². The molecule has 0 heterocycles. The second kappa shape index (κ2) is 6.36. The van der Waals surface area contributed by atoms with Gasteiger partial charge in [-0.3, -0.25) is 4.79 Å². The van der Waals surface area contributed by atoms with Crippen LogP contribution in [0.15, 0.2) is 0 Å². The van der Waals surface area contributed by atoms with E-state index in [0.29, 0.717) is 13.2 Å². The monoisotopic (exact) mass is 243 g/mol. The quantitative estimate of drug-likeness (QED) is 0.749. The van der Waals surface area contributed by atoms with E-state index in [2.05, 4.69) is 0 Å². The molecule has 17 heavy (non-hydrogen) atoms. The van der Waals surface area contributed by atoms with Crippen LogP contribution in [-0.4, -0.2) is 30.8 Å². The minimum atomic E-state index is -0.793. The molecule has 1 saturated carbocycles. The average Bonchev–Trinajstić information content (AvgIpc) is 2.30. The van der Waals surface area contributed by atoms with Crippen molar-refractivity contribution in [2.24, 2.45) is 11.7 Å². The average molecular weight is 243 g/mol. The normalized spacial score (nSPS) is 30.9. The summed E-state index contributed by atoms with van der Waals surface area (Å²) >= 11 is 0. The molecular formula is C13H25NO3. The molecule has 2 N–H and O–H groups in total. The largest absolute Gasteiger partial charge is 0.459 e. The summed E-state index contributed by atoms with van der Waals surface area (Å²) in [5.74, 6) is -0.0695. The Hall–Kier alpha value is -0.610. The van der Waals surface area contributed by atoms with Crippen molar-refractivity contribution in [2.75, 3.05) is 13.2 Å². The van der Waals surface area contributed by atoms with Gasteiger partial charge in [-0.15, -0.1) is 0 Å². The highest BCUT2D eigenvalue weighted by molar-refractivity contribution is 5.81. The fraction of sp³-hybridized carbons (Fsp3) is 0.923. The van der Waals surface area contributed by atoms with Crippen LogP contribution in [0.5, 0.6) is 0 Å². The molecule has 1 fully saturated rings. The summed E-state index contributed by atoms with van der Waals surface area (Å²) in [7, 11) is 0. The van der Waals surface area contributed by atoms with Gasteiger partial charge in [-0.05, 0) is 32.6 Å². The van der Waals surface area contributed by atoms with E-state index >= 15 is 0 Å². The van der Waals surface area contributed by atoms with Crippen molar-refractivity contribution < 1.29 is 14.3 Å². The van der Waals surface area contributed by atoms with Gasteiger partial charge in [0.05, 0.1) is 6.61 Å². The molecule has 0 spiro atoms. The maximum atomic E-state index is 12.1. The van der Waals surface area contributed by atoms with Crippen molar-refractivity contribution >= 4 is 5.97 Å². The van der Waals surface area contributed by atoms with Gasteiger partial charge in [-0.2, -0.15) is 0 Å². The van der Waals surface area contributed by atoms with E-state index in [-0.39, 0.29) is 18.0 Å². The molecule has 1 aliphatic carbocycles. The number of esters is 1. The van der Waals surface area contributed by atoms with E-state index < -0.39 is 5.54 Å². The van der Waals surface area contributed by atoms with Crippen LogP contribution in [0, 0.1) is 5.92 Å². The Morgan fingerprint density at radius 1 is 1.53 bits per heavy atom. The fourth-order valence-electron chi connectivity index (χ4n) is 2.29. The highest BCUT2D eigenvalue weighted by atomic mass is 16.6. The molecule has 0 saturated heterocycles. The van der Waals surface area contributed by atoms with Crippen molar-refractivity contribution in [3.63, 3.8) is 0 Å². The summed E-state index contributed by atoms with van der Waals surface area (Å²) in [6.45, 7) is 6.86. The molecule has 4 nitrogen and oxygen atoms in total. The highest BCUT2D eigenvalue weighted by Gasteiger charge is 2.43. The van der Waals surface area contributed by atoms with Gasteiger partial charge in [0.1, 0.15) is 11.6 Å². The second-order valence-electron chi connectivity index (χ2n) is 5.06. The van der Waals surface area contributed by atoms with Crippen LogP contribution in [0.25, 0.3) is 0 Å². The van der Waals surface area contributed by atoms with Crippen molar-refractivity contribution in [1.82, 2.24) is 0 Å². The lowest BCUT2D eigenvalue weighted by Gasteiger charge is -2.37. The maximum absolute atomic E-state index is 12.1. The topological polar surface area (TPSA) is 61.5 Å². The molecule has 0 aromatic rings. The first kappa shape index (κ1) is 14.5. The van der Waals surface area contributed by atoms with Gasteiger partial charge in [0.15, 0.2) is 0 Å². The molecule has 0 bridgehead atoms. The van der Waals surface area contributed by atoms with E-state index in [9.17, 15) is 4.79 Å². The predicted octanol–water partition coefficient (Wildman–Crippen LogP) is 1.86. The highest BCUT2D eigenvalue weighted by Crippen LogP contribution is 2.32. The third kappa shape index (κ3) is 3.68. The lowest BCUT2D eigenvalue weighted by atomic mass is 9.74. The van der Waals surface area contributed by atoms with Crippen LogP contribution < -0.4 is 5.73 Å². The van der Waals surface area contributed by atoms with Crippen LogP contribution in [-0.2, 0) is 14.3 Å². The van der Waals surface area contributed by atoms with Crippen LogP contribution in [0.4, 0.5) is 0 Å². The Bertz CT molecular complexity index is 257. The van der Waals surface area contributed by atoms with E-state index in [0.717, 1.165) is 25.7 Å². The summed E-state index contributed by atoms with van der Waals surface area (Å²) in [4.78, 5) is 12.1. The summed E-state index contributed by atoms with van der Waals surface area (Å²) in [5.41, 5.74) is 5.41. The van der Waals surface area contributed by atoms with Gasteiger partial charge >= 0.3 is 5.97 Å². The van der Waals surface area contributed by atoms with Gasteiger partial charge in [-0.25, -0.2) is 0 Å². The van der Waals surface area contributed by atoms with Gasteiger partial charge in [-0.1, -0.05) is 19.8 Å². The smallest absolute Gasteiger partial charge is 0.326 e. The molecule has 1 aliphatic rings. The van der Waals surface area contributed by atoms with Crippen LogP contribution in [0.1, 0.15) is 46.5 Å². The zero-order valence-electron chi connectivity index (χ0n) is 11.2. The van der Waals surface area contributed by atoms with E-state index in [1.165, 1.54) is 0 Å². The predicted molar refractivity (Wildman–Crippen MR) is 66.6 cm³/mol. The molecule has 3 unspecified atom stereocenters. The molecule has 0 aliphatic heterocycles. The third-order valence-corrected chi connectivity index (χ3v) is 3.60. The summed E-state index contributed by atoms with van der Waals surface area (Å²) in [6, 6.07) is 0. The van der Waals surface area contributed by atoms with Gasteiger partial charge in [0.25, 0.3) is 0 Å². The van der Waals surface area contributed by atoms with Crippen molar-refractivity contribution in [3.05, 3.63) is 0 Å². The number of hydrogen-bond donors (Lipinski definition) is 1. The minimum absolute atomic E-state index is 0.197. The number of ether oxygens (including phenoxy) is 2. The lowest BCUT2D eigenvalue weighted by molar-refractivity contribution is -0.161. The first-order chi connectivity index (χ1) is 8.00. The molecule has 4 heteroatoms. The van der Waals surface area contributed by atoms with E-state index in [1.54, 1.807) is 0 Å². The Labute approximate surface area is 104 Å². The number of rotatable bonds is 5. The molecule has 0 aromatic carbocycles. The SMILES string of the molecule is CCOCC(C)OC(=O)C1(N)CCCCC1C. The first-order valence-electron chi connectivity index (χ1n) is 6.58. The summed E-state index contributed by atoms with van der Waals surface area (Å²) in [5, 5.41) is 0.